The van der Waals surface area contributed by atoms with E-state index in [0.717, 1.165) is 29.1 Å². The Morgan fingerprint density at radius 1 is 1.25 bits per heavy atom. The van der Waals surface area contributed by atoms with Crippen molar-refractivity contribution in [3.05, 3.63) is 48.7 Å². The highest BCUT2D eigenvalue weighted by Gasteiger charge is 2.14. The number of fused-ring (bicyclic) bond motifs is 1. The molecule has 0 radical (unpaired) electrons. The van der Waals surface area contributed by atoms with E-state index >= 15 is 0 Å². The summed E-state index contributed by atoms with van der Waals surface area (Å²) in [6, 6.07) is 7.62. The van der Waals surface area contributed by atoms with Crippen LogP contribution in [0.25, 0.3) is 27.8 Å². The highest BCUT2D eigenvalue weighted by Crippen LogP contribution is 2.32. The Morgan fingerprint density at radius 3 is 2.86 bits per heavy atom. The van der Waals surface area contributed by atoms with E-state index in [1.807, 2.05) is 31.2 Å². The highest BCUT2D eigenvalue weighted by molar-refractivity contribution is 5.87. The van der Waals surface area contributed by atoms with Crippen LogP contribution >= 0.6 is 0 Å². The average Bonchev–Trinajstić information content (AvgIpc) is 3.31. The van der Waals surface area contributed by atoms with E-state index in [2.05, 4.69) is 15.1 Å². The van der Waals surface area contributed by atoms with Crippen molar-refractivity contribution in [3.8, 4) is 34.6 Å². The normalized spacial score (nSPS) is 10.9. The minimum Gasteiger partial charge on any atom is -0.495 e. The fourth-order valence-corrected chi connectivity index (χ4v) is 3.12. The van der Waals surface area contributed by atoms with E-state index in [1.165, 1.54) is 4.68 Å². The van der Waals surface area contributed by atoms with Crippen LogP contribution < -0.4 is 4.74 Å². The summed E-state index contributed by atoms with van der Waals surface area (Å²) in [5.41, 5.74) is 3.76. The van der Waals surface area contributed by atoms with E-state index < -0.39 is 0 Å². The molecule has 1 N–H and O–H groups in total. The lowest BCUT2D eigenvalue weighted by Gasteiger charge is -2.08. The second-order valence-electron chi connectivity index (χ2n) is 6.23. The molecule has 4 aromatic rings. The molecule has 0 fully saturated rings. The lowest BCUT2D eigenvalue weighted by molar-refractivity contribution is 0.407. The maximum absolute atomic E-state index is 10.6. The summed E-state index contributed by atoms with van der Waals surface area (Å²) >= 11 is 0. The van der Waals surface area contributed by atoms with Crippen LogP contribution in [-0.4, -0.2) is 36.5 Å². The SMILES string of the molecule is CCc1ncc(-c2ccc3c(O)n(-c4cnn(CC#N)c4)cc3n2)cc1OC. The van der Waals surface area contributed by atoms with Crippen molar-refractivity contribution in [2.75, 3.05) is 7.11 Å². The third kappa shape index (κ3) is 2.93. The zero-order valence-electron chi connectivity index (χ0n) is 15.5. The fraction of sp³-hybridized carbons (Fsp3) is 0.200. The Balaban J connectivity index is 1.77. The monoisotopic (exact) mass is 374 g/mol. The zero-order valence-corrected chi connectivity index (χ0v) is 15.5. The van der Waals surface area contributed by atoms with E-state index in [-0.39, 0.29) is 12.4 Å². The van der Waals surface area contributed by atoms with Gasteiger partial charge in [0.25, 0.3) is 0 Å². The number of aromatic hydroxyl groups is 1. The van der Waals surface area contributed by atoms with Gasteiger partial charge in [0.1, 0.15) is 12.3 Å². The molecule has 0 aliphatic heterocycles. The zero-order chi connectivity index (χ0) is 19.7. The van der Waals surface area contributed by atoms with Crippen molar-refractivity contribution >= 4 is 10.9 Å². The van der Waals surface area contributed by atoms with Gasteiger partial charge in [-0.2, -0.15) is 10.4 Å². The van der Waals surface area contributed by atoms with Crippen LogP contribution in [-0.2, 0) is 13.0 Å². The molecule has 0 amide bonds. The molecule has 0 aliphatic rings. The first kappa shape index (κ1) is 17.5. The molecule has 28 heavy (non-hydrogen) atoms. The Hall–Kier alpha value is -3.86. The molecule has 4 rings (SSSR count). The summed E-state index contributed by atoms with van der Waals surface area (Å²) in [7, 11) is 1.63. The predicted octanol–water partition coefficient (Wildman–Crippen LogP) is 3.08. The molecule has 4 heterocycles. The number of nitrogens with zero attached hydrogens (tertiary/aromatic N) is 6. The van der Waals surface area contributed by atoms with Crippen molar-refractivity contribution in [1.82, 2.24) is 24.3 Å². The molecule has 0 saturated heterocycles. The Morgan fingerprint density at radius 2 is 2.11 bits per heavy atom. The van der Waals surface area contributed by atoms with Gasteiger partial charge < -0.3 is 9.84 Å². The van der Waals surface area contributed by atoms with Gasteiger partial charge in [0.2, 0.25) is 5.88 Å². The molecule has 8 heteroatoms. The standard InChI is InChI=1S/C20H18N6O2/c1-3-16-19(28-2)8-13(9-22-16)17-5-4-15-18(24-17)12-26(20(15)27)14-10-23-25(11-14)7-6-21/h4-5,8-12,27H,3,7H2,1-2H3. The quantitative estimate of drug-likeness (QED) is 0.576. The van der Waals surface area contributed by atoms with Crippen LogP contribution in [0, 0.1) is 11.3 Å². The lowest BCUT2D eigenvalue weighted by atomic mass is 10.1. The number of aryl methyl sites for hydroxylation is 1. The third-order valence-corrected chi connectivity index (χ3v) is 4.56. The molecule has 0 bridgehead atoms. The van der Waals surface area contributed by atoms with Crippen LogP contribution in [0.2, 0.25) is 0 Å². The summed E-state index contributed by atoms with van der Waals surface area (Å²) in [5.74, 6) is 0.801. The molecule has 0 aromatic carbocycles. The summed E-state index contributed by atoms with van der Waals surface area (Å²) in [5, 5.41) is 24.1. The average molecular weight is 374 g/mol. The van der Waals surface area contributed by atoms with Crippen LogP contribution in [0.5, 0.6) is 11.6 Å². The molecule has 8 nitrogen and oxygen atoms in total. The molecule has 0 saturated carbocycles. The van der Waals surface area contributed by atoms with Gasteiger partial charge in [0.15, 0.2) is 0 Å². The Labute approximate surface area is 161 Å². The number of hydrogen-bond donors (Lipinski definition) is 1. The third-order valence-electron chi connectivity index (χ3n) is 4.56. The van der Waals surface area contributed by atoms with E-state index in [9.17, 15) is 5.11 Å². The van der Waals surface area contributed by atoms with Crippen molar-refractivity contribution in [1.29, 1.82) is 5.26 Å². The summed E-state index contributed by atoms with van der Waals surface area (Å²) < 4.78 is 8.53. The van der Waals surface area contributed by atoms with Crippen molar-refractivity contribution in [2.24, 2.45) is 0 Å². The molecule has 4 aromatic heterocycles. The number of hydrogen-bond acceptors (Lipinski definition) is 6. The van der Waals surface area contributed by atoms with Crippen LogP contribution in [0.3, 0.4) is 0 Å². The van der Waals surface area contributed by atoms with Gasteiger partial charge in [0, 0.05) is 18.0 Å². The van der Waals surface area contributed by atoms with E-state index in [0.29, 0.717) is 16.6 Å². The van der Waals surface area contributed by atoms with Gasteiger partial charge in [-0.25, -0.2) is 4.98 Å². The van der Waals surface area contributed by atoms with Crippen LogP contribution in [0.15, 0.2) is 43.0 Å². The maximum atomic E-state index is 10.6. The number of aromatic nitrogens is 5. The smallest absolute Gasteiger partial charge is 0.205 e. The van der Waals surface area contributed by atoms with Crippen LogP contribution in [0.1, 0.15) is 12.6 Å². The summed E-state index contributed by atoms with van der Waals surface area (Å²) in [6.07, 6.45) is 7.59. The number of nitriles is 1. The molecule has 140 valence electrons. The molecule has 0 spiro atoms. The Kier molecular flexibility index (Phi) is 4.41. The van der Waals surface area contributed by atoms with Gasteiger partial charge in [-0.15, -0.1) is 0 Å². The minimum atomic E-state index is 0.0718. The van der Waals surface area contributed by atoms with Crippen molar-refractivity contribution in [2.45, 2.75) is 19.9 Å². The van der Waals surface area contributed by atoms with Gasteiger partial charge in [0.05, 0.1) is 53.6 Å². The van der Waals surface area contributed by atoms with Crippen molar-refractivity contribution in [3.63, 3.8) is 0 Å². The van der Waals surface area contributed by atoms with Gasteiger partial charge in [-0.05, 0) is 24.6 Å². The number of pyridine rings is 2. The molecule has 0 aliphatic carbocycles. The molecular weight excluding hydrogens is 356 g/mol. The minimum absolute atomic E-state index is 0.0718. The number of ether oxygens (including phenoxy) is 1. The first-order chi connectivity index (χ1) is 13.6. The topological polar surface area (TPSA) is 102 Å². The first-order valence-corrected chi connectivity index (χ1v) is 8.78. The van der Waals surface area contributed by atoms with Crippen LogP contribution in [0.4, 0.5) is 0 Å². The largest absolute Gasteiger partial charge is 0.495 e. The highest BCUT2D eigenvalue weighted by atomic mass is 16.5. The van der Waals surface area contributed by atoms with Gasteiger partial charge >= 0.3 is 0 Å². The number of methoxy groups -OCH3 is 1. The predicted molar refractivity (Wildman–Crippen MR) is 103 cm³/mol. The fourth-order valence-electron chi connectivity index (χ4n) is 3.12. The summed E-state index contributed by atoms with van der Waals surface area (Å²) in [6.45, 7) is 2.17. The molecule has 0 unspecified atom stereocenters. The maximum Gasteiger partial charge on any atom is 0.205 e. The molecule has 0 atom stereocenters. The first-order valence-electron chi connectivity index (χ1n) is 8.78. The van der Waals surface area contributed by atoms with Gasteiger partial charge in [-0.3, -0.25) is 14.2 Å². The number of rotatable bonds is 5. The van der Waals surface area contributed by atoms with Gasteiger partial charge in [-0.1, -0.05) is 6.92 Å². The lowest BCUT2D eigenvalue weighted by Crippen LogP contribution is -1.95. The molecular formula is C20H18N6O2. The second kappa shape index (κ2) is 7.04. The Bertz CT molecular complexity index is 1200. The van der Waals surface area contributed by atoms with E-state index in [4.69, 9.17) is 10.00 Å². The summed E-state index contributed by atoms with van der Waals surface area (Å²) in [4.78, 5) is 9.13. The second-order valence-corrected chi connectivity index (χ2v) is 6.23. The van der Waals surface area contributed by atoms with Crippen molar-refractivity contribution < 1.29 is 9.84 Å². The van der Waals surface area contributed by atoms with E-state index in [1.54, 1.807) is 36.5 Å².